The Labute approximate surface area is 148 Å². The Morgan fingerprint density at radius 3 is 2.05 bits per heavy atom. The molecule has 0 amide bonds. The van der Waals surface area contributed by atoms with E-state index in [0.29, 0.717) is 34.3 Å². The summed E-state index contributed by atoms with van der Waals surface area (Å²) in [5.41, 5.74) is 1.83. The van der Waals surface area contributed by atoms with E-state index in [2.05, 4.69) is 68.9 Å². The molecule has 0 N–H and O–H groups in total. The van der Waals surface area contributed by atoms with Gasteiger partial charge in [-0.1, -0.05) is 86.3 Å². The number of rotatable bonds is 11. The summed E-state index contributed by atoms with van der Waals surface area (Å²) >= 11 is 1.93. The monoisotopic (exact) mass is 321 g/mol. The van der Waals surface area contributed by atoms with Crippen molar-refractivity contribution < 1.29 is 0 Å². The zero-order valence-electron chi connectivity index (χ0n) is 16.7. The molecule has 0 aromatic carbocycles. The van der Waals surface area contributed by atoms with Crippen molar-refractivity contribution in [3.8, 4) is 0 Å². The van der Waals surface area contributed by atoms with Crippen molar-refractivity contribution in [2.24, 2.45) is 22.7 Å². The summed E-state index contributed by atoms with van der Waals surface area (Å²) in [6, 6.07) is 0. The van der Waals surface area contributed by atoms with E-state index in [1.54, 1.807) is 0 Å². The van der Waals surface area contributed by atoms with Gasteiger partial charge in [-0.15, -0.1) is 0 Å². The first kappa shape index (κ1) is 22.5. The van der Waals surface area contributed by atoms with Gasteiger partial charge in [-0.25, -0.2) is 0 Å². The third-order valence-electron chi connectivity index (χ3n) is 6.26. The lowest BCUT2D eigenvalue weighted by Crippen LogP contribution is -2.36. The van der Waals surface area contributed by atoms with Crippen LogP contribution in [-0.4, -0.2) is 27.0 Å². The van der Waals surface area contributed by atoms with Crippen LogP contribution >= 0.6 is 11.8 Å². The van der Waals surface area contributed by atoms with Gasteiger partial charge in [0.05, 0.1) is 7.85 Å². The van der Waals surface area contributed by atoms with Gasteiger partial charge in [0.2, 0.25) is 0 Å². The minimum Gasteiger partial charge on any atom is -0.174 e. The molecular weight excluding hydrogens is 282 g/mol. The third-order valence-corrected chi connectivity index (χ3v) is 6.79. The summed E-state index contributed by atoms with van der Waals surface area (Å²) in [4.78, 5) is 0. The molecule has 0 bridgehead atoms. The molecule has 0 aromatic heterocycles. The Morgan fingerprint density at radius 1 is 1.09 bits per heavy atom. The number of hydrogen-bond donors (Lipinski definition) is 0. The highest BCUT2D eigenvalue weighted by atomic mass is 32.2. The summed E-state index contributed by atoms with van der Waals surface area (Å²) in [6.07, 6.45) is 5.68. The Hall–Kier alpha value is 0.480. The van der Waals surface area contributed by atoms with Crippen molar-refractivity contribution in [2.75, 3.05) is 11.9 Å². The van der Waals surface area contributed by atoms with Crippen LogP contribution in [0.25, 0.3) is 0 Å². The van der Waals surface area contributed by atoms with Gasteiger partial charge in [0.15, 0.2) is 0 Å². The Morgan fingerprint density at radius 2 is 1.64 bits per heavy atom. The van der Waals surface area contributed by atoms with Crippen LogP contribution in [0.5, 0.6) is 0 Å². The van der Waals surface area contributed by atoms with E-state index >= 15 is 0 Å². The standard InChI is InChI=1S/C19H39B2S/c1-10-16(20)11-15(4)19(7,8)17(21-13-22-9)12-18(5,6)14(2)3/h14-17H,10-13H2,1-9H3. The van der Waals surface area contributed by atoms with E-state index in [1.807, 2.05) is 11.8 Å². The second kappa shape index (κ2) is 9.70. The minimum absolute atomic E-state index is 0.300. The van der Waals surface area contributed by atoms with Gasteiger partial charge < -0.3 is 0 Å². The first-order valence-corrected chi connectivity index (χ1v) is 10.5. The van der Waals surface area contributed by atoms with E-state index in [0.717, 1.165) is 18.5 Å². The second-order valence-electron chi connectivity index (χ2n) is 8.77. The van der Waals surface area contributed by atoms with Crippen LogP contribution in [0.15, 0.2) is 0 Å². The average molecular weight is 321 g/mol. The molecule has 0 rings (SSSR count). The SMILES string of the molecule is [B]C(CC)CC(C)C(C)(C)C([B]CSC)CC(C)(C)C(C)C. The van der Waals surface area contributed by atoms with Gasteiger partial charge in [-0.05, 0) is 34.6 Å². The largest absolute Gasteiger partial charge is 0.174 e. The van der Waals surface area contributed by atoms with Crippen molar-refractivity contribution in [3.63, 3.8) is 0 Å². The van der Waals surface area contributed by atoms with E-state index in [4.69, 9.17) is 7.85 Å². The molecule has 0 aliphatic carbocycles. The summed E-state index contributed by atoms with van der Waals surface area (Å²) in [7, 11) is 8.80. The van der Waals surface area contributed by atoms with Crippen molar-refractivity contribution >= 4 is 26.9 Å². The molecule has 0 spiro atoms. The molecule has 0 fully saturated rings. The van der Waals surface area contributed by atoms with E-state index in [9.17, 15) is 0 Å². The van der Waals surface area contributed by atoms with Crippen molar-refractivity contribution in [1.29, 1.82) is 0 Å². The Kier molecular flexibility index (Phi) is 9.91. The van der Waals surface area contributed by atoms with Gasteiger partial charge in [-0.3, -0.25) is 0 Å². The highest BCUT2D eigenvalue weighted by molar-refractivity contribution is 7.99. The van der Waals surface area contributed by atoms with Gasteiger partial charge in [0.1, 0.15) is 7.28 Å². The predicted molar refractivity (Wildman–Crippen MR) is 108 cm³/mol. The first-order chi connectivity index (χ1) is 9.98. The predicted octanol–water partition coefficient (Wildman–Crippen LogP) is 6.29. The molecule has 3 unspecified atom stereocenters. The molecule has 0 saturated carbocycles. The molecular formula is C19H39B2S. The third kappa shape index (κ3) is 6.93. The molecule has 0 aliphatic rings. The lowest BCUT2D eigenvalue weighted by Gasteiger charge is -2.45. The molecule has 3 atom stereocenters. The van der Waals surface area contributed by atoms with Crippen LogP contribution in [0.3, 0.4) is 0 Å². The zero-order chi connectivity index (χ0) is 17.6. The van der Waals surface area contributed by atoms with Gasteiger partial charge >= 0.3 is 0 Å². The molecule has 0 saturated heterocycles. The molecule has 22 heavy (non-hydrogen) atoms. The fourth-order valence-electron chi connectivity index (χ4n) is 2.95. The van der Waals surface area contributed by atoms with Crippen LogP contribution in [0.4, 0.5) is 0 Å². The van der Waals surface area contributed by atoms with Crippen molar-refractivity contribution in [3.05, 3.63) is 0 Å². The summed E-state index contributed by atoms with van der Waals surface area (Å²) in [5.74, 6) is 2.35. The zero-order valence-corrected chi connectivity index (χ0v) is 17.5. The maximum atomic E-state index is 6.23. The lowest BCUT2D eigenvalue weighted by molar-refractivity contribution is 0.136. The maximum absolute atomic E-state index is 6.23. The summed E-state index contributed by atoms with van der Waals surface area (Å²) in [6.45, 7) is 19.1. The fraction of sp³-hybridized carbons (Fsp3) is 1.00. The van der Waals surface area contributed by atoms with E-state index in [1.165, 1.54) is 6.42 Å². The Balaban J connectivity index is 5.12. The number of thioether (sulfide) groups is 1. The second-order valence-corrected chi connectivity index (χ2v) is 9.68. The molecule has 3 radical (unpaired) electrons. The normalized spacial score (nSPS) is 17.4. The maximum Gasteiger partial charge on any atom is 0.127 e. The van der Waals surface area contributed by atoms with Crippen LogP contribution in [0.1, 0.15) is 74.7 Å². The van der Waals surface area contributed by atoms with Gasteiger partial charge in [0, 0.05) is 0 Å². The smallest absolute Gasteiger partial charge is 0.127 e. The van der Waals surface area contributed by atoms with Crippen molar-refractivity contribution in [2.45, 2.75) is 86.3 Å². The number of hydrogen-bond acceptors (Lipinski definition) is 1. The molecule has 0 heterocycles. The van der Waals surface area contributed by atoms with Crippen LogP contribution < -0.4 is 0 Å². The van der Waals surface area contributed by atoms with Crippen LogP contribution in [0.2, 0.25) is 11.6 Å². The molecule has 0 aliphatic heterocycles. The molecule has 0 nitrogen and oxygen atoms in total. The van der Waals surface area contributed by atoms with E-state index in [-0.39, 0.29) is 0 Å². The molecule has 127 valence electrons. The Bertz CT molecular complexity index is 300. The van der Waals surface area contributed by atoms with Gasteiger partial charge in [0.25, 0.3) is 0 Å². The fourth-order valence-corrected chi connectivity index (χ4v) is 3.38. The van der Waals surface area contributed by atoms with Crippen molar-refractivity contribution in [1.82, 2.24) is 0 Å². The molecule has 0 aromatic rings. The van der Waals surface area contributed by atoms with Crippen LogP contribution in [-0.2, 0) is 0 Å². The van der Waals surface area contributed by atoms with Gasteiger partial charge in [-0.2, -0.15) is 11.8 Å². The lowest BCUT2D eigenvalue weighted by atomic mass is 9.47. The highest BCUT2D eigenvalue weighted by Crippen LogP contribution is 2.49. The van der Waals surface area contributed by atoms with E-state index < -0.39 is 0 Å². The topological polar surface area (TPSA) is 0 Å². The quantitative estimate of drug-likeness (QED) is 0.403. The molecule has 3 heteroatoms. The van der Waals surface area contributed by atoms with Crippen LogP contribution in [0, 0.1) is 22.7 Å². The summed E-state index contributed by atoms with van der Waals surface area (Å²) in [5, 5.41) is 0. The minimum atomic E-state index is 0.300. The summed E-state index contributed by atoms with van der Waals surface area (Å²) < 4.78 is 0. The average Bonchev–Trinajstić information content (AvgIpc) is 2.42. The first-order valence-electron chi connectivity index (χ1n) is 9.06. The highest BCUT2D eigenvalue weighted by Gasteiger charge is 2.38.